The first-order valence-electron chi connectivity index (χ1n) is 12.6. The lowest BCUT2D eigenvalue weighted by Crippen LogP contribution is -2.32. The Morgan fingerprint density at radius 2 is 1.68 bits per heavy atom. The smallest absolute Gasteiger partial charge is 0.228 e. The number of hydrogen-bond acceptors (Lipinski definition) is 4. The molecule has 0 saturated heterocycles. The van der Waals surface area contributed by atoms with E-state index in [1.165, 1.54) is 41.8 Å². The lowest BCUT2D eigenvalue weighted by molar-refractivity contribution is -0.119. The number of fused-ring (bicyclic) bond motifs is 1. The first-order chi connectivity index (χ1) is 18.3. The van der Waals surface area contributed by atoms with Crippen LogP contribution in [0.15, 0.2) is 84.0 Å². The molecule has 4 aromatic rings. The number of carbonyl (C=O) groups is 1. The van der Waals surface area contributed by atoms with Gasteiger partial charge in [-0.1, -0.05) is 25.1 Å². The second-order valence-corrected chi connectivity index (χ2v) is 10.2. The van der Waals surface area contributed by atoms with Crippen LogP contribution in [0.25, 0.3) is 0 Å². The van der Waals surface area contributed by atoms with Crippen LogP contribution in [0, 0.1) is 11.6 Å². The maximum Gasteiger partial charge on any atom is 0.228 e. The predicted molar refractivity (Wildman–Crippen MR) is 149 cm³/mol. The molecule has 0 unspecified atom stereocenters. The molecule has 198 valence electrons. The number of anilines is 1. The zero-order chi connectivity index (χ0) is 27.1. The number of aromatic nitrogens is 2. The van der Waals surface area contributed by atoms with Crippen LogP contribution in [-0.4, -0.2) is 15.5 Å². The van der Waals surface area contributed by atoms with E-state index in [4.69, 9.17) is 5.14 Å². The minimum atomic E-state index is -0.262. The third kappa shape index (κ3) is 7.08. The van der Waals surface area contributed by atoms with Gasteiger partial charge in [-0.25, -0.2) is 13.8 Å². The van der Waals surface area contributed by atoms with Gasteiger partial charge in [0, 0.05) is 36.4 Å². The molecule has 1 aromatic heterocycles. The third-order valence-corrected chi connectivity index (χ3v) is 7.33. The minimum Gasteiger partial charge on any atom is -0.337 e. The van der Waals surface area contributed by atoms with Crippen molar-refractivity contribution >= 4 is 23.5 Å². The molecule has 1 aliphatic rings. The highest BCUT2D eigenvalue weighted by Gasteiger charge is 2.23. The summed E-state index contributed by atoms with van der Waals surface area (Å²) in [5.74, 6) is 0.395. The molecular weight excluding hydrogens is 502 g/mol. The van der Waals surface area contributed by atoms with E-state index in [-0.39, 0.29) is 23.5 Å². The second kappa shape index (κ2) is 12.8. The number of carbonyl (C=O) groups excluding carboxylic acids is 1. The van der Waals surface area contributed by atoms with Crippen LogP contribution in [0.5, 0.6) is 0 Å². The summed E-state index contributed by atoms with van der Waals surface area (Å²) in [6, 6.07) is 18.8. The van der Waals surface area contributed by atoms with E-state index >= 15 is 0 Å². The van der Waals surface area contributed by atoms with Crippen molar-refractivity contribution in [3.05, 3.63) is 113 Å². The molecule has 5 nitrogen and oxygen atoms in total. The van der Waals surface area contributed by atoms with Crippen molar-refractivity contribution < 1.29 is 13.6 Å². The fourth-order valence-electron chi connectivity index (χ4n) is 4.53. The van der Waals surface area contributed by atoms with E-state index in [0.717, 1.165) is 46.8 Å². The van der Waals surface area contributed by atoms with Crippen molar-refractivity contribution in [2.24, 2.45) is 12.2 Å². The highest BCUT2D eigenvalue weighted by Crippen LogP contribution is 2.29. The molecule has 38 heavy (non-hydrogen) atoms. The van der Waals surface area contributed by atoms with Crippen LogP contribution in [0.1, 0.15) is 48.2 Å². The Morgan fingerprint density at radius 1 is 1.03 bits per heavy atom. The Labute approximate surface area is 226 Å². The number of halogens is 2. The molecule has 0 aliphatic heterocycles. The second-order valence-electron chi connectivity index (χ2n) is 9.47. The number of nitrogens with two attached hydrogens (primary N) is 1. The Bertz CT molecular complexity index is 1360. The van der Waals surface area contributed by atoms with E-state index in [9.17, 15) is 13.6 Å². The minimum absolute atomic E-state index is 0.00130. The zero-order valence-corrected chi connectivity index (χ0v) is 22.4. The average Bonchev–Trinajstić information content (AvgIpc) is 3.56. The van der Waals surface area contributed by atoms with Crippen molar-refractivity contribution in [3.63, 3.8) is 0 Å². The maximum atomic E-state index is 13.3. The normalized spacial score (nSPS) is 12.9. The zero-order valence-electron chi connectivity index (χ0n) is 21.6. The van der Waals surface area contributed by atoms with Gasteiger partial charge in [-0.3, -0.25) is 9.93 Å². The number of hydrogen-bond donors (Lipinski definition) is 1. The fourth-order valence-corrected chi connectivity index (χ4v) is 4.83. The summed E-state index contributed by atoms with van der Waals surface area (Å²) in [5, 5.41) is 5.19. The predicted octanol–water partition coefficient (Wildman–Crippen LogP) is 6.57. The van der Waals surface area contributed by atoms with Crippen LogP contribution in [0.4, 0.5) is 14.5 Å². The van der Waals surface area contributed by atoms with E-state index in [2.05, 4.69) is 17.1 Å². The molecule has 1 aliphatic carbocycles. The topological polar surface area (TPSA) is 64.2 Å². The number of amides is 1. The molecule has 0 fully saturated rings. The molecule has 1 amide bonds. The quantitative estimate of drug-likeness (QED) is 0.273. The Morgan fingerprint density at radius 3 is 2.32 bits per heavy atom. The number of nitrogens with zero attached hydrogens (tertiary/aromatic N) is 3. The van der Waals surface area contributed by atoms with Crippen molar-refractivity contribution in [1.29, 1.82) is 0 Å². The van der Waals surface area contributed by atoms with Gasteiger partial charge in [-0.15, -0.1) is 0 Å². The van der Waals surface area contributed by atoms with Gasteiger partial charge >= 0.3 is 0 Å². The standard InChI is InChI=1S/C24H26FN3O.C6H6FNS/c1-17(18-6-9-21(25)10-7-18)14-24(29)28(16-23-26-12-13-27(23)2)22-11-8-19-4-3-5-20(19)15-22;7-5-1-3-6(9-8)4-2-5/h6-13,15,17H,3-5,14,16H2,1-2H3;1-4H,8H2/t17-;/m0./s1. The molecule has 0 spiro atoms. The van der Waals surface area contributed by atoms with Crippen LogP contribution < -0.4 is 10.0 Å². The summed E-state index contributed by atoms with van der Waals surface area (Å²) in [5.41, 5.74) is 4.61. The average molecular weight is 535 g/mol. The monoisotopic (exact) mass is 534 g/mol. The third-order valence-electron chi connectivity index (χ3n) is 6.78. The van der Waals surface area contributed by atoms with Gasteiger partial charge in [-0.2, -0.15) is 0 Å². The Hall–Kier alpha value is -3.49. The van der Waals surface area contributed by atoms with E-state index in [1.807, 2.05) is 35.7 Å². The highest BCUT2D eigenvalue weighted by atomic mass is 32.2. The number of aryl methyl sites for hydroxylation is 3. The lowest BCUT2D eigenvalue weighted by atomic mass is 9.97. The van der Waals surface area contributed by atoms with E-state index in [0.29, 0.717) is 13.0 Å². The summed E-state index contributed by atoms with van der Waals surface area (Å²) < 4.78 is 27.4. The number of imidazole rings is 1. The molecule has 5 rings (SSSR count). The molecule has 8 heteroatoms. The van der Waals surface area contributed by atoms with Crippen molar-refractivity contribution in [1.82, 2.24) is 9.55 Å². The lowest BCUT2D eigenvalue weighted by Gasteiger charge is -2.25. The molecule has 0 radical (unpaired) electrons. The molecular formula is C30H32F2N4OS. The van der Waals surface area contributed by atoms with Crippen LogP contribution in [0.3, 0.4) is 0 Å². The van der Waals surface area contributed by atoms with E-state index in [1.54, 1.807) is 30.5 Å². The molecule has 0 bridgehead atoms. The summed E-state index contributed by atoms with van der Waals surface area (Å²) in [4.78, 5) is 20.5. The first-order valence-corrected chi connectivity index (χ1v) is 13.5. The van der Waals surface area contributed by atoms with Crippen LogP contribution >= 0.6 is 11.9 Å². The molecule has 3 aromatic carbocycles. The van der Waals surface area contributed by atoms with Crippen LogP contribution in [0.2, 0.25) is 0 Å². The molecule has 1 heterocycles. The van der Waals surface area contributed by atoms with Crippen molar-refractivity contribution in [2.45, 2.75) is 50.0 Å². The summed E-state index contributed by atoms with van der Waals surface area (Å²) >= 11 is 1.11. The Kier molecular flexibility index (Phi) is 9.31. The molecule has 2 N–H and O–H groups in total. The van der Waals surface area contributed by atoms with Crippen molar-refractivity contribution in [2.75, 3.05) is 4.90 Å². The van der Waals surface area contributed by atoms with Crippen LogP contribution in [-0.2, 0) is 31.2 Å². The van der Waals surface area contributed by atoms with Gasteiger partial charge in [0.2, 0.25) is 5.91 Å². The molecule has 0 saturated carbocycles. The van der Waals surface area contributed by atoms with Gasteiger partial charge in [0.05, 0.1) is 6.54 Å². The van der Waals surface area contributed by atoms with Gasteiger partial charge < -0.3 is 9.47 Å². The van der Waals surface area contributed by atoms with Gasteiger partial charge in [0.15, 0.2) is 0 Å². The van der Waals surface area contributed by atoms with Crippen molar-refractivity contribution in [3.8, 4) is 0 Å². The largest absolute Gasteiger partial charge is 0.337 e. The maximum absolute atomic E-state index is 13.3. The van der Waals surface area contributed by atoms with E-state index < -0.39 is 0 Å². The fraction of sp³-hybridized carbons (Fsp3) is 0.267. The number of rotatable bonds is 7. The Balaban J connectivity index is 0.000000317. The van der Waals surface area contributed by atoms with Gasteiger partial charge in [0.1, 0.15) is 17.5 Å². The van der Waals surface area contributed by atoms with Gasteiger partial charge in [0.25, 0.3) is 0 Å². The number of benzene rings is 3. The SMILES string of the molecule is C[C@@H](CC(=O)N(Cc1nccn1C)c1ccc2c(c1)CCC2)c1ccc(F)cc1.NSc1ccc(F)cc1. The first kappa shape index (κ1) is 27.5. The molecule has 1 atom stereocenters. The summed E-state index contributed by atoms with van der Waals surface area (Å²) in [6.45, 7) is 2.43. The highest BCUT2D eigenvalue weighted by molar-refractivity contribution is 7.97. The van der Waals surface area contributed by atoms with Gasteiger partial charge in [-0.05, 0) is 102 Å². The summed E-state index contributed by atoms with van der Waals surface area (Å²) in [7, 11) is 1.94. The summed E-state index contributed by atoms with van der Waals surface area (Å²) in [6.07, 6.45) is 7.36.